The zero-order valence-corrected chi connectivity index (χ0v) is 19.0. The molecule has 0 saturated heterocycles. The first-order valence-corrected chi connectivity index (χ1v) is 11.0. The van der Waals surface area contributed by atoms with Gasteiger partial charge >= 0.3 is 6.03 Å². The second-order valence-corrected chi connectivity index (χ2v) is 8.03. The van der Waals surface area contributed by atoms with Crippen LogP contribution in [0.25, 0.3) is 0 Å². The lowest BCUT2D eigenvalue weighted by molar-refractivity contribution is -0.137. The summed E-state index contributed by atoms with van der Waals surface area (Å²) in [6, 6.07) is 18.2. The fourth-order valence-corrected chi connectivity index (χ4v) is 3.78. The quantitative estimate of drug-likeness (QED) is 0.549. The van der Waals surface area contributed by atoms with Gasteiger partial charge in [-0.25, -0.2) is 9.18 Å². The van der Waals surface area contributed by atoms with Crippen LogP contribution < -0.4 is 20.1 Å². The summed E-state index contributed by atoms with van der Waals surface area (Å²) in [5.41, 5.74) is 2.90. The van der Waals surface area contributed by atoms with Gasteiger partial charge in [-0.15, -0.1) is 0 Å². The van der Waals surface area contributed by atoms with Crippen LogP contribution in [0.3, 0.4) is 0 Å². The van der Waals surface area contributed by atoms with Crippen LogP contribution >= 0.6 is 0 Å². The monoisotopic (exact) mass is 463 g/mol. The molecular formula is C26H26FN3O4. The molecule has 4 rings (SSSR count). The van der Waals surface area contributed by atoms with Gasteiger partial charge in [-0.2, -0.15) is 0 Å². The van der Waals surface area contributed by atoms with E-state index < -0.39 is 12.1 Å². The lowest BCUT2D eigenvalue weighted by Gasteiger charge is -2.22. The van der Waals surface area contributed by atoms with E-state index in [1.165, 1.54) is 12.1 Å². The first-order chi connectivity index (χ1) is 16.4. The highest BCUT2D eigenvalue weighted by molar-refractivity contribution is 6.00. The van der Waals surface area contributed by atoms with Crippen LogP contribution in [0.4, 0.5) is 20.6 Å². The number of halogens is 1. The molecule has 3 amide bonds. The van der Waals surface area contributed by atoms with Gasteiger partial charge in [0.05, 0.1) is 7.11 Å². The number of hydrogen-bond acceptors (Lipinski definition) is 4. The molecule has 1 aliphatic rings. The number of rotatable bonds is 6. The average Bonchev–Trinajstić information content (AvgIpc) is 2.94. The van der Waals surface area contributed by atoms with Gasteiger partial charge in [0, 0.05) is 36.1 Å². The van der Waals surface area contributed by atoms with Crippen molar-refractivity contribution < 1.29 is 23.5 Å². The van der Waals surface area contributed by atoms with Gasteiger partial charge < -0.3 is 25.0 Å². The predicted molar refractivity (Wildman–Crippen MR) is 128 cm³/mol. The number of nitrogens with one attached hydrogen (secondary N) is 2. The Morgan fingerprint density at radius 3 is 2.56 bits per heavy atom. The highest BCUT2D eigenvalue weighted by Gasteiger charge is 2.27. The average molecular weight is 464 g/mol. The molecule has 0 spiro atoms. The zero-order valence-electron chi connectivity index (χ0n) is 19.0. The van der Waals surface area contributed by atoms with Gasteiger partial charge in [0.25, 0.3) is 5.91 Å². The van der Waals surface area contributed by atoms with Gasteiger partial charge in [-0.05, 0) is 61.4 Å². The van der Waals surface area contributed by atoms with E-state index in [1.807, 2.05) is 0 Å². The highest BCUT2D eigenvalue weighted by atomic mass is 19.1. The number of amides is 3. The van der Waals surface area contributed by atoms with Crippen LogP contribution in [0, 0.1) is 5.82 Å². The molecule has 3 aromatic carbocycles. The Balaban J connectivity index is 1.45. The third-order valence-electron chi connectivity index (χ3n) is 5.55. The first-order valence-electron chi connectivity index (χ1n) is 11.0. The number of ether oxygens (including phenoxy) is 2. The smallest absolute Gasteiger partial charge is 0.323 e. The van der Waals surface area contributed by atoms with E-state index >= 15 is 0 Å². The number of urea groups is 1. The maximum atomic E-state index is 13.2. The minimum absolute atomic E-state index is 0.122. The fourth-order valence-electron chi connectivity index (χ4n) is 3.78. The van der Waals surface area contributed by atoms with Crippen molar-refractivity contribution in [2.45, 2.75) is 26.0 Å². The molecule has 1 heterocycles. The van der Waals surface area contributed by atoms with Crippen LogP contribution in [0.5, 0.6) is 11.5 Å². The number of fused-ring (bicyclic) bond motifs is 1. The third-order valence-corrected chi connectivity index (χ3v) is 5.55. The first kappa shape index (κ1) is 23.1. The van der Waals surface area contributed by atoms with Crippen molar-refractivity contribution in [1.82, 2.24) is 4.90 Å². The molecule has 0 unspecified atom stereocenters. The summed E-state index contributed by atoms with van der Waals surface area (Å²) in [6.45, 7) is 2.52. The molecule has 0 aromatic heterocycles. The summed E-state index contributed by atoms with van der Waals surface area (Å²) in [6.07, 6.45) is -0.0424. The van der Waals surface area contributed by atoms with E-state index in [1.54, 1.807) is 73.5 Å². The van der Waals surface area contributed by atoms with Crippen LogP contribution in [0.1, 0.15) is 18.1 Å². The minimum atomic E-state index is -0.635. The molecule has 3 aromatic rings. The number of carbonyl (C=O) groups is 2. The van der Waals surface area contributed by atoms with Gasteiger partial charge in [-0.1, -0.05) is 18.2 Å². The van der Waals surface area contributed by atoms with E-state index in [0.717, 1.165) is 11.1 Å². The number of nitrogens with zero attached hydrogens (tertiary/aromatic N) is 1. The topological polar surface area (TPSA) is 79.9 Å². The van der Waals surface area contributed by atoms with E-state index in [-0.39, 0.29) is 11.7 Å². The molecule has 0 bridgehead atoms. The van der Waals surface area contributed by atoms with Crippen LogP contribution in [0.15, 0.2) is 66.7 Å². The second kappa shape index (κ2) is 10.2. The maximum absolute atomic E-state index is 13.2. The molecule has 2 N–H and O–H groups in total. The van der Waals surface area contributed by atoms with Gasteiger partial charge in [0.15, 0.2) is 6.10 Å². The minimum Gasteiger partial charge on any atom is -0.497 e. The number of methoxy groups -OCH3 is 1. The fraction of sp³-hybridized carbons (Fsp3) is 0.231. The van der Waals surface area contributed by atoms with Gasteiger partial charge in [0.1, 0.15) is 17.3 Å². The molecule has 7 nitrogen and oxygen atoms in total. The van der Waals surface area contributed by atoms with Gasteiger partial charge in [0.2, 0.25) is 0 Å². The Morgan fingerprint density at radius 1 is 1.09 bits per heavy atom. The molecule has 0 aliphatic carbocycles. The van der Waals surface area contributed by atoms with Crippen LogP contribution in [-0.2, 0) is 17.8 Å². The van der Waals surface area contributed by atoms with E-state index in [4.69, 9.17) is 9.47 Å². The Bertz CT molecular complexity index is 1180. The molecule has 176 valence electrons. The van der Waals surface area contributed by atoms with Crippen molar-refractivity contribution in [3.8, 4) is 11.5 Å². The second-order valence-electron chi connectivity index (χ2n) is 8.03. The van der Waals surface area contributed by atoms with Crippen molar-refractivity contribution >= 4 is 23.3 Å². The van der Waals surface area contributed by atoms with Crippen molar-refractivity contribution in [1.29, 1.82) is 0 Å². The van der Waals surface area contributed by atoms with E-state index in [0.29, 0.717) is 42.4 Å². The Hall–Kier alpha value is -4.07. The molecule has 0 fully saturated rings. The summed E-state index contributed by atoms with van der Waals surface area (Å²) in [5.74, 6) is 0.827. The normalized spacial score (nSPS) is 15.1. The number of anilines is 2. The lowest BCUT2D eigenvalue weighted by atomic mass is 10.1. The summed E-state index contributed by atoms with van der Waals surface area (Å²) >= 11 is 0. The SMILES string of the molecule is COc1cccc(NC(=O)Nc2ccc3c(c2)CN(CCc2ccc(F)cc2)C(=O)[C@H](C)O3)c1. The van der Waals surface area contributed by atoms with Crippen molar-refractivity contribution in [3.05, 3.63) is 83.7 Å². The summed E-state index contributed by atoms with van der Waals surface area (Å²) in [5, 5.41) is 5.58. The summed E-state index contributed by atoms with van der Waals surface area (Å²) < 4.78 is 24.2. The molecule has 1 atom stereocenters. The summed E-state index contributed by atoms with van der Waals surface area (Å²) in [4.78, 5) is 27.1. The molecule has 0 radical (unpaired) electrons. The van der Waals surface area contributed by atoms with Crippen molar-refractivity contribution in [2.75, 3.05) is 24.3 Å². The number of benzene rings is 3. The lowest BCUT2D eigenvalue weighted by Crippen LogP contribution is -2.39. The zero-order chi connectivity index (χ0) is 24.1. The predicted octanol–water partition coefficient (Wildman–Crippen LogP) is 4.83. The van der Waals surface area contributed by atoms with Crippen LogP contribution in [0.2, 0.25) is 0 Å². The largest absolute Gasteiger partial charge is 0.497 e. The van der Waals surface area contributed by atoms with Crippen molar-refractivity contribution in [3.63, 3.8) is 0 Å². The van der Waals surface area contributed by atoms with Crippen LogP contribution in [-0.4, -0.2) is 36.6 Å². The molecule has 0 saturated carbocycles. The van der Waals surface area contributed by atoms with E-state index in [2.05, 4.69) is 10.6 Å². The maximum Gasteiger partial charge on any atom is 0.323 e. The number of hydrogen-bond donors (Lipinski definition) is 2. The molecule has 34 heavy (non-hydrogen) atoms. The molecule has 1 aliphatic heterocycles. The summed E-state index contributed by atoms with van der Waals surface area (Å²) in [7, 11) is 1.56. The van der Waals surface area contributed by atoms with Gasteiger partial charge in [-0.3, -0.25) is 4.79 Å². The number of carbonyl (C=O) groups excluding carboxylic acids is 2. The Labute approximate surface area is 197 Å². The third kappa shape index (κ3) is 5.64. The van der Waals surface area contributed by atoms with E-state index in [9.17, 15) is 14.0 Å². The van der Waals surface area contributed by atoms with Crippen molar-refractivity contribution in [2.24, 2.45) is 0 Å². The Morgan fingerprint density at radius 2 is 1.82 bits per heavy atom. The standard InChI is InChI=1S/C26H26FN3O4/c1-17-25(31)30(13-12-18-6-8-20(27)9-7-18)16-19-14-22(10-11-24(19)34-17)29-26(32)28-21-4-3-5-23(15-21)33-2/h3-11,14-15,17H,12-13,16H2,1-2H3,(H2,28,29,32)/t17-/m0/s1. The Kier molecular flexibility index (Phi) is 6.96. The molecule has 8 heteroatoms. The highest BCUT2D eigenvalue weighted by Crippen LogP contribution is 2.29. The molecular weight excluding hydrogens is 437 g/mol.